The minimum Gasteiger partial charge on any atom is -0.793 e. The fraction of sp³-hybridized carbons (Fsp3) is 1.00. The molecule has 0 aliphatic heterocycles. The van der Waals surface area contributed by atoms with Crippen LogP contribution in [0.15, 0.2) is 0 Å². The van der Waals surface area contributed by atoms with Gasteiger partial charge in [0.2, 0.25) is 0 Å². The molecule has 0 atom stereocenters. The van der Waals surface area contributed by atoms with Crippen molar-refractivity contribution in [2.75, 3.05) is 0 Å². The third-order valence-corrected chi connectivity index (χ3v) is 1.31. The Morgan fingerprint density at radius 3 is 1.10 bits per heavy atom. The van der Waals surface area contributed by atoms with Gasteiger partial charge in [-0.3, -0.25) is 0 Å². The fourth-order valence-electron chi connectivity index (χ4n) is 0.458. The van der Waals surface area contributed by atoms with Gasteiger partial charge in [0.25, 0.3) is 6.11 Å². The van der Waals surface area contributed by atoms with E-state index < -0.39 is 38.6 Å². The Morgan fingerprint density at radius 2 is 1.05 bits per heavy atom. The third kappa shape index (κ3) is 7.21. The minimum atomic E-state index is -6.65. The zero-order valence-corrected chi connectivity index (χ0v) is 10.5. The maximum absolute atomic E-state index is 12.0. The van der Waals surface area contributed by atoms with Crippen molar-refractivity contribution in [1.82, 2.24) is 0 Å². The number of halogens is 8. The molecule has 0 aromatic carbocycles. The van der Waals surface area contributed by atoms with Gasteiger partial charge in [-0.2, -0.15) is 26.3 Å². The van der Waals surface area contributed by atoms with Crippen molar-refractivity contribution in [2.45, 2.75) is 30.8 Å². The van der Waals surface area contributed by atoms with Crippen LogP contribution in [-0.2, 0) is 4.57 Å². The van der Waals surface area contributed by atoms with Crippen LogP contribution in [-0.4, -0.2) is 38.6 Å². The van der Waals surface area contributed by atoms with E-state index in [1.165, 1.54) is 0 Å². The van der Waals surface area contributed by atoms with E-state index in [4.69, 9.17) is 19.2 Å². The van der Waals surface area contributed by atoms with Gasteiger partial charge in [0.05, 0.1) is 0 Å². The SMILES string of the molecule is CC(F)(F)C(F)(F)C(F)(F)C([O-])(F)F.O=P(O)(O)O.[Li+]. The van der Waals surface area contributed by atoms with Crippen LogP contribution in [0.3, 0.4) is 0 Å². The maximum Gasteiger partial charge on any atom is 1.00 e. The van der Waals surface area contributed by atoms with Gasteiger partial charge in [0.1, 0.15) is 0 Å². The first-order chi connectivity index (χ1) is 7.75. The Morgan fingerprint density at radius 1 is 0.850 bits per heavy atom. The molecule has 0 aromatic heterocycles. The molecule has 0 radical (unpaired) electrons. The van der Waals surface area contributed by atoms with E-state index in [1.807, 2.05) is 0 Å². The molecule has 15 heteroatoms. The second-order valence-electron chi connectivity index (χ2n) is 3.07. The summed E-state index contributed by atoms with van der Waals surface area (Å²) in [5.74, 6) is -18.5. The molecular weight excluding hydrogens is 330 g/mol. The van der Waals surface area contributed by atoms with Crippen molar-refractivity contribution in [3.8, 4) is 0 Å². The van der Waals surface area contributed by atoms with Crippen LogP contribution in [0.5, 0.6) is 0 Å². The van der Waals surface area contributed by atoms with Crippen LogP contribution in [0.25, 0.3) is 0 Å². The number of phosphoric acid groups is 1. The molecule has 0 heterocycles. The van der Waals surface area contributed by atoms with E-state index in [-0.39, 0.29) is 18.9 Å². The average Bonchev–Trinajstić information content (AvgIpc) is 1.95. The Labute approximate surface area is 118 Å². The monoisotopic (exact) mass is 336 g/mol. The number of hydrogen-bond donors (Lipinski definition) is 3. The van der Waals surface area contributed by atoms with Crippen molar-refractivity contribution < 1.29 is 78.3 Å². The summed E-state index contributed by atoms with van der Waals surface area (Å²) in [4.78, 5) is 21.6. The van der Waals surface area contributed by atoms with Gasteiger partial charge in [-0.05, 0) is 0 Å². The molecule has 3 N–H and O–H groups in total. The van der Waals surface area contributed by atoms with Crippen molar-refractivity contribution in [1.29, 1.82) is 0 Å². The Bertz CT molecular complexity index is 314. The van der Waals surface area contributed by atoms with Crippen molar-refractivity contribution in [3.63, 3.8) is 0 Å². The van der Waals surface area contributed by atoms with Gasteiger partial charge >= 0.3 is 44.5 Å². The molecule has 0 amide bonds. The topological polar surface area (TPSA) is 101 Å². The molecule has 0 unspecified atom stereocenters. The van der Waals surface area contributed by atoms with Crippen LogP contribution in [0.4, 0.5) is 35.1 Å². The summed E-state index contributed by atoms with van der Waals surface area (Å²) < 4.78 is 103. The van der Waals surface area contributed by atoms with E-state index >= 15 is 0 Å². The standard InChI is InChI=1S/C5H3F8O.Li.H3O4P/c1-2(6,7)3(8,9)4(10,11)5(12,13)14;;1-5(2,3)4/h1H3;;(H3,1,2,3,4)/q-1;+1;. The smallest absolute Gasteiger partial charge is 0.793 e. The van der Waals surface area contributed by atoms with Crippen LogP contribution >= 0.6 is 7.82 Å². The number of hydrogen-bond acceptors (Lipinski definition) is 2. The van der Waals surface area contributed by atoms with Crippen molar-refractivity contribution >= 4 is 7.82 Å². The minimum absolute atomic E-state index is 0. The first-order valence-electron chi connectivity index (χ1n) is 3.75. The Balaban J connectivity index is -0.000000414. The summed E-state index contributed by atoms with van der Waals surface area (Å²) in [7, 11) is -4.64. The van der Waals surface area contributed by atoms with E-state index in [9.17, 15) is 40.2 Å². The largest absolute Gasteiger partial charge is 1.00 e. The van der Waals surface area contributed by atoms with Crippen molar-refractivity contribution in [3.05, 3.63) is 0 Å². The first-order valence-corrected chi connectivity index (χ1v) is 5.31. The Kier molecular flexibility index (Phi) is 8.67. The van der Waals surface area contributed by atoms with Crippen LogP contribution in [0.1, 0.15) is 6.92 Å². The van der Waals surface area contributed by atoms with Gasteiger partial charge in [0, 0.05) is 6.92 Å². The van der Waals surface area contributed by atoms with E-state index in [2.05, 4.69) is 0 Å². The fourth-order valence-corrected chi connectivity index (χ4v) is 0.458. The third-order valence-electron chi connectivity index (χ3n) is 1.31. The predicted molar refractivity (Wildman–Crippen MR) is 39.7 cm³/mol. The summed E-state index contributed by atoms with van der Waals surface area (Å²) in [5.41, 5.74) is 0. The number of rotatable bonds is 3. The molecule has 0 rings (SSSR count). The molecule has 0 aliphatic carbocycles. The molecule has 20 heavy (non-hydrogen) atoms. The Hall–Kier alpha value is 0.107. The predicted octanol–water partition coefficient (Wildman–Crippen LogP) is -2.06. The molecule has 0 bridgehead atoms. The van der Waals surface area contributed by atoms with Gasteiger partial charge < -0.3 is 19.8 Å². The second-order valence-corrected chi connectivity index (χ2v) is 4.09. The summed E-state index contributed by atoms with van der Waals surface area (Å²) >= 11 is 0. The molecule has 118 valence electrons. The normalized spacial score (nSPS) is 14.1. The van der Waals surface area contributed by atoms with E-state index in [1.54, 1.807) is 0 Å². The van der Waals surface area contributed by atoms with Gasteiger partial charge in [-0.25, -0.2) is 13.3 Å². The van der Waals surface area contributed by atoms with Gasteiger partial charge in [-0.15, -0.1) is 0 Å². The molecule has 0 aliphatic rings. The van der Waals surface area contributed by atoms with Crippen LogP contribution in [0, 0.1) is 0 Å². The van der Waals surface area contributed by atoms with Crippen LogP contribution < -0.4 is 24.0 Å². The summed E-state index contributed by atoms with van der Waals surface area (Å²) in [6.07, 6.45) is -6.48. The molecule has 0 saturated carbocycles. The number of alkyl halides is 8. The summed E-state index contributed by atoms with van der Waals surface area (Å²) in [6.45, 7) is -0.688. The van der Waals surface area contributed by atoms with Gasteiger partial charge in [-0.1, -0.05) is 0 Å². The quantitative estimate of drug-likeness (QED) is 0.313. The second kappa shape index (κ2) is 6.91. The maximum atomic E-state index is 12.0. The average molecular weight is 336 g/mol. The zero-order chi connectivity index (χ0) is 16.5. The van der Waals surface area contributed by atoms with Crippen LogP contribution in [0.2, 0.25) is 0 Å². The van der Waals surface area contributed by atoms with E-state index in [0.717, 1.165) is 0 Å². The molecule has 0 aromatic rings. The summed E-state index contributed by atoms with van der Waals surface area (Å²) in [5, 5.41) is 9.32. The van der Waals surface area contributed by atoms with Crippen molar-refractivity contribution in [2.24, 2.45) is 0 Å². The molecule has 5 nitrogen and oxygen atoms in total. The molecule has 0 spiro atoms. The molecule has 0 fully saturated rings. The first kappa shape index (κ1) is 25.1. The molecule has 0 saturated heterocycles. The zero-order valence-electron chi connectivity index (χ0n) is 9.63. The molecular formula is C5H6F8LiO5P. The summed E-state index contributed by atoms with van der Waals surface area (Å²) in [6, 6.07) is 0. The van der Waals surface area contributed by atoms with Gasteiger partial charge in [0.15, 0.2) is 0 Å². The van der Waals surface area contributed by atoms with E-state index in [0.29, 0.717) is 0 Å².